The molecule has 0 bridgehead atoms. The van der Waals surface area contributed by atoms with Crippen LogP contribution in [0.15, 0.2) is 0 Å². The lowest BCUT2D eigenvalue weighted by Crippen LogP contribution is -2.40. The van der Waals surface area contributed by atoms with Crippen LogP contribution in [-0.4, -0.2) is 19.7 Å². The molecule has 0 amide bonds. The van der Waals surface area contributed by atoms with Crippen LogP contribution in [-0.2, 0) is 4.43 Å². The van der Waals surface area contributed by atoms with E-state index < -0.39 is 8.32 Å². The maximum absolute atomic E-state index is 6.14. The highest BCUT2D eigenvalue weighted by Gasteiger charge is 2.31. The van der Waals surface area contributed by atoms with Crippen molar-refractivity contribution in [3.05, 3.63) is 0 Å². The molecule has 2 atom stereocenters. The quantitative estimate of drug-likeness (QED) is 0.564. The zero-order valence-electron chi connectivity index (χ0n) is 9.05. The predicted molar refractivity (Wildman–Crippen MR) is 64.1 cm³/mol. The van der Waals surface area contributed by atoms with Crippen molar-refractivity contribution < 1.29 is 4.43 Å². The Hall–Kier alpha value is 0.527. The van der Waals surface area contributed by atoms with Gasteiger partial charge in [-0.1, -0.05) is 13.3 Å². The Morgan fingerprint density at radius 1 is 1.54 bits per heavy atom. The Morgan fingerprint density at radius 3 is 2.77 bits per heavy atom. The molecule has 0 aromatic rings. The van der Waals surface area contributed by atoms with Gasteiger partial charge in [-0.25, -0.2) is 0 Å². The monoisotopic (exact) mass is 218 g/mol. The van der Waals surface area contributed by atoms with Gasteiger partial charge in [0.2, 0.25) is 0 Å². The van der Waals surface area contributed by atoms with E-state index in [1.165, 1.54) is 18.9 Å². The highest BCUT2D eigenvalue weighted by Crippen LogP contribution is 2.29. The Bertz CT molecular complexity index is 161. The average molecular weight is 218 g/mol. The largest absolute Gasteiger partial charge is 0.414 e. The van der Waals surface area contributed by atoms with Crippen molar-refractivity contribution in [2.45, 2.75) is 63.1 Å². The lowest BCUT2D eigenvalue weighted by molar-refractivity contribution is 0.150. The van der Waals surface area contributed by atoms with Crippen molar-refractivity contribution in [1.82, 2.24) is 0 Å². The van der Waals surface area contributed by atoms with Crippen LogP contribution in [0.25, 0.3) is 0 Å². The Labute approximate surface area is 88.8 Å². The molecule has 1 heterocycles. The highest BCUT2D eigenvalue weighted by atomic mass is 32.1. The second-order valence-electron chi connectivity index (χ2n) is 4.69. The molecule has 0 spiro atoms. The summed E-state index contributed by atoms with van der Waals surface area (Å²) in [7, 11) is -1.27. The summed E-state index contributed by atoms with van der Waals surface area (Å²) < 4.78 is 6.14. The van der Waals surface area contributed by atoms with Gasteiger partial charge in [-0.05, 0) is 38.4 Å². The second-order valence-corrected chi connectivity index (χ2v) is 9.67. The van der Waals surface area contributed by atoms with Gasteiger partial charge < -0.3 is 4.43 Å². The molecule has 0 aromatic carbocycles. The zero-order chi connectivity index (χ0) is 9.90. The summed E-state index contributed by atoms with van der Waals surface area (Å²) in [6.45, 7) is 6.86. The minimum Gasteiger partial charge on any atom is -0.414 e. The van der Waals surface area contributed by atoms with E-state index in [9.17, 15) is 0 Å². The van der Waals surface area contributed by atoms with Gasteiger partial charge in [0.15, 0.2) is 8.32 Å². The minimum atomic E-state index is -1.27. The standard InChI is InChI=1S/C10H22OSSi/c1-4-10(12)8-9-6-5-7-13(2,3)11-9/h9-10,12H,4-8H2,1-3H3. The van der Waals surface area contributed by atoms with Crippen LogP contribution in [0.1, 0.15) is 32.6 Å². The third-order valence-electron chi connectivity index (χ3n) is 2.80. The van der Waals surface area contributed by atoms with Crippen molar-refractivity contribution in [2.24, 2.45) is 0 Å². The van der Waals surface area contributed by atoms with Gasteiger partial charge in [-0.15, -0.1) is 0 Å². The normalized spacial score (nSPS) is 30.0. The van der Waals surface area contributed by atoms with Crippen LogP contribution in [0.4, 0.5) is 0 Å². The van der Waals surface area contributed by atoms with E-state index in [4.69, 9.17) is 4.43 Å². The van der Waals surface area contributed by atoms with Gasteiger partial charge in [0.25, 0.3) is 0 Å². The van der Waals surface area contributed by atoms with E-state index in [0.717, 1.165) is 12.8 Å². The molecule has 0 N–H and O–H groups in total. The molecular weight excluding hydrogens is 196 g/mol. The molecule has 2 unspecified atom stereocenters. The summed E-state index contributed by atoms with van der Waals surface area (Å²) in [5, 5.41) is 0.535. The molecule has 1 rings (SSSR count). The van der Waals surface area contributed by atoms with Crippen molar-refractivity contribution in [3.63, 3.8) is 0 Å². The Balaban J connectivity index is 2.34. The Kier molecular flexibility index (Phi) is 4.33. The van der Waals surface area contributed by atoms with E-state index in [1.807, 2.05) is 0 Å². The third-order valence-corrected chi connectivity index (χ3v) is 5.90. The first-order valence-corrected chi connectivity index (χ1v) is 9.02. The van der Waals surface area contributed by atoms with E-state index in [0.29, 0.717) is 11.4 Å². The maximum atomic E-state index is 6.14. The van der Waals surface area contributed by atoms with Crippen LogP contribution in [0.2, 0.25) is 19.1 Å². The fourth-order valence-corrected chi connectivity index (χ4v) is 4.49. The first-order chi connectivity index (χ1) is 6.03. The van der Waals surface area contributed by atoms with Crippen LogP contribution >= 0.6 is 12.6 Å². The van der Waals surface area contributed by atoms with Crippen molar-refractivity contribution in [2.75, 3.05) is 0 Å². The van der Waals surface area contributed by atoms with Gasteiger partial charge in [0.05, 0.1) is 0 Å². The summed E-state index contributed by atoms with van der Waals surface area (Å²) in [5.41, 5.74) is 0. The smallest absolute Gasteiger partial charge is 0.187 e. The molecule has 0 radical (unpaired) electrons. The molecule has 0 aliphatic carbocycles. The summed E-state index contributed by atoms with van der Waals surface area (Å²) >= 11 is 4.53. The van der Waals surface area contributed by atoms with Gasteiger partial charge in [-0.2, -0.15) is 12.6 Å². The molecule has 13 heavy (non-hydrogen) atoms. The van der Waals surface area contributed by atoms with Crippen LogP contribution < -0.4 is 0 Å². The molecule has 0 aromatic heterocycles. The van der Waals surface area contributed by atoms with Gasteiger partial charge >= 0.3 is 0 Å². The van der Waals surface area contributed by atoms with Crippen molar-refractivity contribution in [1.29, 1.82) is 0 Å². The molecule has 3 heteroatoms. The second kappa shape index (κ2) is 4.85. The number of thiol groups is 1. The van der Waals surface area contributed by atoms with Crippen LogP contribution in [0, 0.1) is 0 Å². The van der Waals surface area contributed by atoms with E-state index in [-0.39, 0.29) is 0 Å². The van der Waals surface area contributed by atoms with Gasteiger partial charge in [0.1, 0.15) is 0 Å². The van der Waals surface area contributed by atoms with E-state index in [1.54, 1.807) is 0 Å². The molecular formula is C10H22OSSi. The molecule has 78 valence electrons. The van der Waals surface area contributed by atoms with Gasteiger partial charge in [-0.3, -0.25) is 0 Å². The van der Waals surface area contributed by atoms with E-state index in [2.05, 4.69) is 32.6 Å². The average Bonchev–Trinajstić information content (AvgIpc) is 2.02. The number of hydrogen-bond acceptors (Lipinski definition) is 2. The van der Waals surface area contributed by atoms with E-state index >= 15 is 0 Å². The van der Waals surface area contributed by atoms with Crippen molar-refractivity contribution >= 4 is 20.9 Å². The minimum absolute atomic E-state index is 0.512. The highest BCUT2D eigenvalue weighted by molar-refractivity contribution is 7.80. The Morgan fingerprint density at radius 2 is 2.23 bits per heavy atom. The summed E-state index contributed by atoms with van der Waals surface area (Å²) in [6.07, 6.45) is 5.45. The van der Waals surface area contributed by atoms with Gasteiger partial charge in [0, 0.05) is 11.4 Å². The zero-order valence-corrected chi connectivity index (χ0v) is 10.9. The molecule has 0 saturated carbocycles. The predicted octanol–water partition coefficient (Wildman–Crippen LogP) is 3.47. The fraction of sp³-hybridized carbons (Fsp3) is 1.00. The molecule has 1 aliphatic rings. The summed E-state index contributed by atoms with van der Waals surface area (Å²) in [6, 6.07) is 1.34. The fourth-order valence-electron chi connectivity index (χ4n) is 1.96. The molecule has 1 nitrogen and oxygen atoms in total. The van der Waals surface area contributed by atoms with Crippen molar-refractivity contribution in [3.8, 4) is 0 Å². The lowest BCUT2D eigenvalue weighted by Gasteiger charge is -2.35. The summed E-state index contributed by atoms with van der Waals surface area (Å²) in [4.78, 5) is 0. The third kappa shape index (κ3) is 4.04. The molecule has 1 fully saturated rings. The number of hydrogen-bond donors (Lipinski definition) is 1. The number of rotatable bonds is 3. The molecule has 1 aliphatic heterocycles. The first-order valence-electron chi connectivity index (χ1n) is 5.39. The SMILES string of the molecule is CCC(S)CC1CCC[Si](C)(C)O1. The van der Waals surface area contributed by atoms with Crippen LogP contribution in [0.3, 0.4) is 0 Å². The summed E-state index contributed by atoms with van der Waals surface area (Å²) in [5.74, 6) is 0. The maximum Gasteiger partial charge on any atom is 0.187 e. The topological polar surface area (TPSA) is 9.23 Å². The lowest BCUT2D eigenvalue weighted by atomic mass is 10.1. The first kappa shape index (κ1) is 11.6. The molecule has 1 saturated heterocycles. The van der Waals surface area contributed by atoms with Crippen LogP contribution in [0.5, 0.6) is 0 Å².